The van der Waals surface area contributed by atoms with E-state index in [1.807, 2.05) is 12.1 Å². The number of fused-ring (bicyclic) bond motifs is 2. The molecule has 0 aromatic heterocycles. The van der Waals surface area contributed by atoms with Crippen LogP contribution in [0.1, 0.15) is 44.1 Å². The van der Waals surface area contributed by atoms with E-state index in [9.17, 15) is 4.79 Å². The lowest BCUT2D eigenvalue weighted by atomic mass is 9.93. The second-order valence-corrected chi connectivity index (χ2v) is 7.78. The molecular weight excluding hydrogens is 328 g/mol. The molecule has 4 heteroatoms. The van der Waals surface area contributed by atoms with Crippen LogP contribution in [0, 0.1) is 0 Å². The smallest absolute Gasteiger partial charge is 0.230 e. The van der Waals surface area contributed by atoms with Gasteiger partial charge in [0.25, 0.3) is 0 Å². The summed E-state index contributed by atoms with van der Waals surface area (Å²) in [5.41, 5.74) is 0.921. The molecule has 4 rings (SSSR count). The van der Waals surface area contributed by atoms with Gasteiger partial charge in [-0.05, 0) is 56.2 Å². The Hall–Kier alpha value is -0.870. The molecule has 1 amide bonds. The van der Waals surface area contributed by atoms with Crippen LogP contribution in [0.4, 0.5) is 0 Å². The number of rotatable bonds is 3. The van der Waals surface area contributed by atoms with Gasteiger partial charge in [-0.1, -0.05) is 28.1 Å². The normalized spacial score (nSPS) is 32.7. The Bertz CT molecular complexity index is 540. The minimum atomic E-state index is -0.245. The van der Waals surface area contributed by atoms with Crippen LogP contribution >= 0.6 is 15.9 Å². The Labute approximate surface area is 134 Å². The second kappa shape index (κ2) is 5.10. The van der Waals surface area contributed by atoms with E-state index < -0.39 is 0 Å². The van der Waals surface area contributed by atoms with Crippen LogP contribution in [0.5, 0.6) is 0 Å². The first kappa shape index (κ1) is 13.8. The van der Waals surface area contributed by atoms with Crippen molar-refractivity contribution in [1.29, 1.82) is 0 Å². The SMILES string of the molecule is O=C(NC1CC2CCC(C1)N2)C1(c2ccc(Br)cc2)CC1. The molecule has 21 heavy (non-hydrogen) atoms. The van der Waals surface area contributed by atoms with E-state index in [1.54, 1.807) is 0 Å². The Morgan fingerprint density at radius 1 is 1.14 bits per heavy atom. The Balaban J connectivity index is 1.46. The van der Waals surface area contributed by atoms with Gasteiger partial charge in [-0.3, -0.25) is 4.79 Å². The zero-order chi connectivity index (χ0) is 14.4. The van der Waals surface area contributed by atoms with Gasteiger partial charge in [-0.25, -0.2) is 0 Å². The molecule has 1 aliphatic carbocycles. The number of benzene rings is 1. The van der Waals surface area contributed by atoms with E-state index in [2.05, 4.69) is 38.7 Å². The van der Waals surface area contributed by atoms with E-state index in [0.717, 1.165) is 30.2 Å². The van der Waals surface area contributed by atoms with Crippen LogP contribution in [0.15, 0.2) is 28.7 Å². The quantitative estimate of drug-likeness (QED) is 0.881. The van der Waals surface area contributed by atoms with Gasteiger partial charge in [0.15, 0.2) is 0 Å². The highest BCUT2D eigenvalue weighted by molar-refractivity contribution is 9.10. The highest BCUT2D eigenvalue weighted by atomic mass is 79.9. The predicted octanol–water partition coefficient (Wildman–Crippen LogP) is 2.88. The molecule has 0 radical (unpaired) electrons. The second-order valence-electron chi connectivity index (χ2n) is 6.87. The molecular formula is C17H21BrN2O. The molecule has 2 aliphatic heterocycles. The predicted molar refractivity (Wildman–Crippen MR) is 86.2 cm³/mol. The molecule has 2 atom stereocenters. The monoisotopic (exact) mass is 348 g/mol. The first-order valence-corrected chi connectivity index (χ1v) is 8.78. The maximum atomic E-state index is 12.8. The Kier molecular flexibility index (Phi) is 3.34. The van der Waals surface area contributed by atoms with Crippen molar-refractivity contribution in [2.75, 3.05) is 0 Å². The third-order valence-electron chi connectivity index (χ3n) is 5.39. The molecule has 2 N–H and O–H groups in total. The van der Waals surface area contributed by atoms with Crippen molar-refractivity contribution in [2.24, 2.45) is 0 Å². The molecule has 2 bridgehead atoms. The number of halogens is 1. The van der Waals surface area contributed by atoms with E-state index >= 15 is 0 Å². The van der Waals surface area contributed by atoms with Crippen LogP contribution in [0.3, 0.4) is 0 Å². The number of carbonyl (C=O) groups is 1. The first-order valence-electron chi connectivity index (χ1n) is 7.99. The highest BCUT2D eigenvalue weighted by Gasteiger charge is 2.52. The Morgan fingerprint density at radius 2 is 1.76 bits per heavy atom. The van der Waals surface area contributed by atoms with Gasteiger partial charge in [-0.15, -0.1) is 0 Å². The zero-order valence-corrected chi connectivity index (χ0v) is 13.7. The molecule has 3 nitrogen and oxygen atoms in total. The number of carbonyl (C=O) groups excluding carboxylic acids is 1. The average Bonchev–Trinajstić information content (AvgIpc) is 3.21. The molecule has 3 fully saturated rings. The summed E-state index contributed by atoms with van der Waals surface area (Å²) in [6, 6.07) is 9.85. The summed E-state index contributed by atoms with van der Waals surface area (Å²) >= 11 is 3.46. The van der Waals surface area contributed by atoms with E-state index in [4.69, 9.17) is 0 Å². The lowest BCUT2D eigenvalue weighted by Crippen LogP contribution is -2.50. The van der Waals surface area contributed by atoms with Crippen LogP contribution < -0.4 is 10.6 Å². The van der Waals surface area contributed by atoms with Gasteiger partial charge in [0.2, 0.25) is 5.91 Å². The van der Waals surface area contributed by atoms with Crippen molar-refractivity contribution in [3.05, 3.63) is 34.3 Å². The molecule has 0 spiro atoms. The first-order chi connectivity index (χ1) is 10.2. The number of nitrogens with one attached hydrogen (secondary N) is 2. The van der Waals surface area contributed by atoms with Crippen molar-refractivity contribution >= 4 is 21.8 Å². The third-order valence-corrected chi connectivity index (χ3v) is 5.92. The molecule has 2 unspecified atom stereocenters. The molecule has 1 aromatic rings. The summed E-state index contributed by atoms with van der Waals surface area (Å²) in [4.78, 5) is 12.8. The maximum absolute atomic E-state index is 12.8. The minimum Gasteiger partial charge on any atom is -0.352 e. The topological polar surface area (TPSA) is 41.1 Å². The highest BCUT2D eigenvalue weighted by Crippen LogP contribution is 2.48. The van der Waals surface area contributed by atoms with Crippen molar-refractivity contribution < 1.29 is 4.79 Å². The zero-order valence-electron chi connectivity index (χ0n) is 12.1. The fourth-order valence-electron chi connectivity index (χ4n) is 4.04. The number of hydrogen-bond donors (Lipinski definition) is 2. The molecule has 1 saturated carbocycles. The maximum Gasteiger partial charge on any atom is 0.230 e. The summed E-state index contributed by atoms with van der Waals surface area (Å²) < 4.78 is 1.07. The van der Waals surface area contributed by atoms with E-state index in [1.165, 1.54) is 18.4 Å². The van der Waals surface area contributed by atoms with Gasteiger partial charge in [0.05, 0.1) is 5.41 Å². The van der Waals surface area contributed by atoms with Crippen LogP contribution in [0.25, 0.3) is 0 Å². The van der Waals surface area contributed by atoms with Gasteiger partial charge in [0, 0.05) is 22.6 Å². The lowest BCUT2D eigenvalue weighted by molar-refractivity contribution is -0.124. The fourth-order valence-corrected chi connectivity index (χ4v) is 4.30. The van der Waals surface area contributed by atoms with E-state index in [-0.39, 0.29) is 11.3 Å². The van der Waals surface area contributed by atoms with Gasteiger partial charge < -0.3 is 10.6 Å². The van der Waals surface area contributed by atoms with Gasteiger partial charge >= 0.3 is 0 Å². The van der Waals surface area contributed by atoms with E-state index in [0.29, 0.717) is 18.1 Å². The molecule has 112 valence electrons. The van der Waals surface area contributed by atoms with Crippen LogP contribution in [-0.4, -0.2) is 24.0 Å². The standard InChI is InChI=1S/C17H21BrN2O/c18-12-3-1-11(2-4-12)17(7-8-17)16(21)20-15-9-13-5-6-14(10-15)19-13/h1-4,13-15,19H,5-10H2,(H,20,21). The summed E-state index contributed by atoms with van der Waals surface area (Å²) in [6.07, 6.45) is 6.71. The summed E-state index contributed by atoms with van der Waals surface area (Å²) in [6.45, 7) is 0. The fraction of sp³-hybridized carbons (Fsp3) is 0.588. The van der Waals surface area contributed by atoms with Crippen LogP contribution in [0.2, 0.25) is 0 Å². The van der Waals surface area contributed by atoms with Crippen LogP contribution in [-0.2, 0) is 10.2 Å². The molecule has 3 aliphatic rings. The number of piperidine rings is 1. The van der Waals surface area contributed by atoms with Crippen molar-refractivity contribution in [3.8, 4) is 0 Å². The van der Waals surface area contributed by atoms with Crippen molar-refractivity contribution in [1.82, 2.24) is 10.6 Å². The summed E-state index contributed by atoms with van der Waals surface area (Å²) in [5.74, 6) is 0.246. The minimum absolute atomic E-state index is 0.245. The average molecular weight is 349 g/mol. The van der Waals surface area contributed by atoms with Gasteiger partial charge in [-0.2, -0.15) is 0 Å². The lowest BCUT2D eigenvalue weighted by Gasteiger charge is -2.31. The molecule has 2 saturated heterocycles. The number of hydrogen-bond acceptors (Lipinski definition) is 2. The molecule has 1 aromatic carbocycles. The third kappa shape index (κ3) is 2.53. The van der Waals surface area contributed by atoms with Crippen molar-refractivity contribution in [2.45, 2.75) is 62.1 Å². The Morgan fingerprint density at radius 3 is 2.33 bits per heavy atom. The van der Waals surface area contributed by atoms with Gasteiger partial charge in [0.1, 0.15) is 0 Å². The summed E-state index contributed by atoms with van der Waals surface area (Å²) in [5, 5.41) is 6.97. The number of amides is 1. The van der Waals surface area contributed by atoms with Crippen molar-refractivity contribution in [3.63, 3.8) is 0 Å². The summed E-state index contributed by atoms with van der Waals surface area (Å²) in [7, 11) is 0. The largest absolute Gasteiger partial charge is 0.352 e. The molecule has 2 heterocycles.